The van der Waals surface area contributed by atoms with Crippen LogP contribution in [0, 0.1) is 19.7 Å². The third kappa shape index (κ3) is 9.79. The Hall–Kier alpha value is -4.03. The van der Waals surface area contributed by atoms with Crippen LogP contribution in [0.4, 0.5) is 10.2 Å². The van der Waals surface area contributed by atoms with Crippen molar-refractivity contribution >= 4 is 17.4 Å². The number of halogens is 1. The molecular formula is C43H58FN3O7. The fourth-order valence-electron chi connectivity index (χ4n) is 6.93. The molecule has 1 saturated heterocycles. The Morgan fingerprint density at radius 1 is 1.04 bits per heavy atom. The molecule has 1 aliphatic rings. The number of nitrogens with zero attached hydrogens (tertiary/aromatic N) is 3. The SMILES string of the molecule is CCCCO[C@H](C)COCCOC1(C)CCN(c2c([C@H](OC(C)(C)C)C(=O)OC)c(C)c(C)c3nc(-c4cccc(-c5cc(F)ccc5O)c4)cn23)CC1. The van der Waals surface area contributed by atoms with Crippen LogP contribution in [-0.4, -0.2) is 84.4 Å². The van der Waals surface area contributed by atoms with Gasteiger partial charge in [0.2, 0.25) is 0 Å². The summed E-state index contributed by atoms with van der Waals surface area (Å²) in [5, 5.41) is 10.5. The Morgan fingerprint density at radius 2 is 1.76 bits per heavy atom. The molecule has 1 aliphatic heterocycles. The maximum absolute atomic E-state index is 14.2. The van der Waals surface area contributed by atoms with Gasteiger partial charge in [-0.05, 0) is 109 Å². The minimum atomic E-state index is -0.992. The van der Waals surface area contributed by atoms with Crippen LogP contribution in [-0.2, 0) is 28.5 Å². The lowest BCUT2D eigenvalue weighted by molar-refractivity contribution is -0.164. The minimum Gasteiger partial charge on any atom is -0.507 e. The number of aromatic nitrogens is 2. The number of piperidine rings is 1. The summed E-state index contributed by atoms with van der Waals surface area (Å²) < 4.78 is 46.2. The van der Waals surface area contributed by atoms with Crippen molar-refractivity contribution < 1.29 is 38.0 Å². The number of aromatic hydroxyl groups is 1. The molecule has 5 rings (SSSR count). The van der Waals surface area contributed by atoms with Gasteiger partial charge in [0, 0.05) is 42.6 Å². The number of ether oxygens (including phenoxy) is 5. The van der Waals surface area contributed by atoms with Gasteiger partial charge < -0.3 is 33.7 Å². The molecular weight excluding hydrogens is 689 g/mol. The monoisotopic (exact) mass is 747 g/mol. The van der Waals surface area contributed by atoms with Crippen LogP contribution in [0.5, 0.6) is 5.75 Å². The molecule has 0 bridgehead atoms. The molecule has 294 valence electrons. The zero-order valence-corrected chi connectivity index (χ0v) is 33.5. The van der Waals surface area contributed by atoms with Crippen LogP contribution in [0.15, 0.2) is 48.7 Å². The minimum absolute atomic E-state index is 0.00902. The number of hydrogen-bond donors (Lipinski definition) is 1. The lowest BCUT2D eigenvalue weighted by Crippen LogP contribution is -2.46. The quantitative estimate of drug-likeness (QED) is 0.0890. The Balaban J connectivity index is 1.48. The van der Waals surface area contributed by atoms with E-state index in [1.54, 1.807) is 0 Å². The first kappa shape index (κ1) is 41.1. The fraction of sp³-hybridized carbons (Fsp3) is 0.535. The molecule has 0 aliphatic carbocycles. The van der Waals surface area contributed by atoms with Gasteiger partial charge in [0.15, 0.2) is 6.10 Å². The highest BCUT2D eigenvalue weighted by Gasteiger charge is 2.38. The molecule has 2 atom stereocenters. The van der Waals surface area contributed by atoms with Crippen LogP contribution in [0.1, 0.15) is 90.0 Å². The van der Waals surface area contributed by atoms with Gasteiger partial charge in [-0.2, -0.15) is 0 Å². The summed E-state index contributed by atoms with van der Waals surface area (Å²) in [6.07, 6.45) is 4.68. The van der Waals surface area contributed by atoms with E-state index in [0.29, 0.717) is 49.7 Å². The van der Waals surface area contributed by atoms with E-state index < -0.39 is 23.5 Å². The van der Waals surface area contributed by atoms with Crippen molar-refractivity contribution in [1.82, 2.24) is 9.38 Å². The number of unbranched alkanes of at least 4 members (excludes halogenated alkanes) is 1. The number of phenols is 1. The largest absolute Gasteiger partial charge is 0.507 e. The number of aryl methyl sites for hydroxylation is 1. The summed E-state index contributed by atoms with van der Waals surface area (Å²) in [5.41, 5.74) is 4.81. The molecule has 4 aromatic rings. The molecule has 0 amide bonds. The molecule has 1 N–H and O–H groups in total. The van der Waals surface area contributed by atoms with Gasteiger partial charge in [0.05, 0.1) is 49.9 Å². The first-order valence-corrected chi connectivity index (χ1v) is 19.1. The number of esters is 1. The number of fused-ring (bicyclic) bond motifs is 1. The fourth-order valence-corrected chi connectivity index (χ4v) is 6.93. The lowest BCUT2D eigenvalue weighted by Gasteiger charge is -2.42. The average molecular weight is 748 g/mol. The Bertz CT molecular complexity index is 1890. The van der Waals surface area contributed by atoms with Crippen molar-refractivity contribution in [2.24, 2.45) is 0 Å². The van der Waals surface area contributed by atoms with E-state index >= 15 is 0 Å². The van der Waals surface area contributed by atoms with Gasteiger partial charge in [0.25, 0.3) is 0 Å². The van der Waals surface area contributed by atoms with Crippen LogP contribution in [0.3, 0.4) is 0 Å². The highest BCUT2D eigenvalue weighted by molar-refractivity contribution is 5.82. The number of rotatable bonds is 16. The molecule has 10 nitrogen and oxygen atoms in total. The Kier molecular flexibility index (Phi) is 13.4. The van der Waals surface area contributed by atoms with Crippen LogP contribution in [0.2, 0.25) is 0 Å². The third-order valence-corrected chi connectivity index (χ3v) is 10.1. The summed E-state index contributed by atoms with van der Waals surface area (Å²) >= 11 is 0. The Morgan fingerprint density at radius 3 is 2.44 bits per heavy atom. The predicted molar refractivity (Wildman–Crippen MR) is 210 cm³/mol. The van der Waals surface area contributed by atoms with Gasteiger partial charge in [-0.1, -0.05) is 31.5 Å². The van der Waals surface area contributed by atoms with Crippen molar-refractivity contribution in [3.63, 3.8) is 0 Å². The third-order valence-electron chi connectivity index (χ3n) is 10.1. The second-order valence-corrected chi connectivity index (χ2v) is 15.6. The first-order chi connectivity index (χ1) is 25.6. The molecule has 54 heavy (non-hydrogen) atoms. The average Bonchev–Trinajstić information content (AvgIpc) is 3.59. The summed E-state index contributed by atoms with van der Waals surface area (Å²) in [7, 11) is 1.38. The molecule has 0 saturated carbocycles. The van der Waals surface area contributed by atoms with E-state index in [1.165, 1.54) is 25.3 Å². The van der Waals surface area contributed by atoms with Gasteiger partial charge in [-0.25, -0.2) is 14.2 Å². The van der Waals surface area contributed by atoms with Gasteiger partial charge >= 0.3 is 5.97 Å². The second-order valence-electron chi connectivity index (χ2n) is 15.6. The van der Waals surface area contributed by atoms with Crippen LogP contribution in [0.25, 0.3) is 28.0 Å². The summed E-state index contributed by atoms with van der Waals surface area (Å²) in [4.78, 5) is 21.0. The standard InChI is InChI=1S/C43H58FN3O7/c1-10-11-21-52-28(2)27-51-22-23-53-43(8)17-19-46(20-18-43)40-37(38(41(49)50-9)54-42(5,6)7)29(3)30(4)39-45-35(26-47(39)40)32-14-12-13-31(24-32)34-25-33(44)15-16-36(34)48/h12-16,24-26,28,38,48H,10-11,17-23,27H2,1-9H3/t28-,38+/m1/s1. The number of benzene rings is 2. The van der Waals surface area contributed by atoms with E-state index in [4.69, 9.17) is 28.7 Å². The summed E-state index contributed by atoms with van der Waals surface area (Å²) in [5.74, 6) is -0.111. The number of imidazole rings is 1. The molecule has 2 aromatic carbocycles. The lowest BCUT2D eigenvalue weighted by atomic mass is 9.92. The summed E-state index contributed by atoms with van der Waals surface area (Å²) in [6, 6.07) is 11.5. The van der Waals surface area contributed by atoms with E-state index in [2.05, 4.69) is 23.1 Å². The van der Waals surface area contributed by atoms with E-state index in [0.717, 1.165) is 66.0 Å². The van der Waals surface area contributed by atoms with E-state index in [-0.39, 0.29) is 17.5 Å². The van der Waals surface area contributed by atoms with Gasteiger partial charge in [0.1, 0.15) is 23.0 Å². The molecule has 0 unspecified atom stereocenters. The maximum Gasteiger partial charge on any atom is 0.339 e. The number of pyridine rings is 1. The van der Waals surface area contributed by atoms with Crippen molar-refractivity contribution in [3.05, 3.63) is 71.2 Å². The smallest absolute Gasteiger partial charge is 0.339 e. The molecule has 1 fully saturated rings. The zero-order chi connectivity index (χ0) is 39.2. The van der Waals surface area contributed by atoms with Crippen molar-refractivity contribution in [1.29, 1.82) is 0 Å². The highest BCUT2D eigenvalue weighted by atomic mass is 19.1. The zero-order valence-electron chi connectivity index (χ0n) is 33.5. The van der Waals surface area contributed by atoms with Crippen molar-refractivity contribution in [3.8, 4) is 28.1 Å². The van der Waals surface area contributed by atoms with E-state index in [9.17, 15) is 14.3 Å². The summed E-state index contributed by atoms with van der Waals surface area (Å²) in [6.45, 7) is 19.7. The number of hydrogen-bond acceptors (Lipinski definition) is 9. The second kappa shape index (κ2) is 17.6. The van der Waals surface area contributed by atoms with Crippen LogP contribution < -0.4 is 4.90 Å². The molecule has 11 heteroatoms. The number of anilines is 1. The number of phenolic OH excluding ortho intramolecular Hbond substituents is 1. The van der Waals surface area contributed by atoms with Crippen molar-refractivity contribution in [2.75, 3.05) is 51.5 Å². The number of carbonyl (C=O) groups excluding carboxylic acids is 1. The highest BCUT2D eigenvalue weighted by Crippen LogP contribution is 2.41. The van der Waals surface area contributed by atoms with E-state index in [1.807, 2.05) is 72.0 Å². The van der Waals surface area contributed by atoms with Gasteiger partial charge in [-0.15, -0.1) is 0 Å². The molecule has 0 radical (unpaired) electrons. The van der Waals surface area contributed by atoms with Crippen LogP contribution >= 0.6 is 0 Å². The molecule has 2 aromatic heterocycles. The number of carbonyl (C=O) groups is 1. The topological polar surface area (TPSA) is 104 Å². The maximum atomic E-state index is 14.2. The van der Waals surface area contributed by atoms with Crippen molar-refractivity contribution in [2.45, 2.75) is 104 Å². The number of methoxy groups -OCH3 is 1. The predicted octanol–water partition coefficient (Wildman–Crippen LogP) is 8.76. The Labute approximate surface area is 319 Å². The first-order valence-electron chi connectivity index (χ1n) is 19.1. The molecule has 0 spiro atoms. The van der Waals surface area contributed by atoms with Gasteiger partial charge in [-0.3, -0.25) is 4.40 Å². The normalized spacial score (nSPS) is 15.8. The molecule has 3 heterocycles.